The number of benzene rings is 1. The molecule has 1 unspecified atom stereocenters. The van der Waals surface area contributed by atoms with Crippen molar-refractivity contribution in [3.63, 3.8) is 0 Å². The zero-order chi connectivity index (χ0) is 29.5. The van der Waals surface area contributed by atoms with Crippen LogP contribution in [0.4, 0.5) is 30.4 Å². The van der Waals surface area contributed by atoms with E-state index in [1.54, 1.807) is 21.0 Å². The van der Waals surface area contributed by atoms with Crippen LogP contribution in [-0.4, -0.2) is 65.1 Å². The lowest BCUT2D eigenvalue weighted by molar-refractivity contribution is -0.385. The molecule has 2 aliphatic rings. The predicted octanol–water partition coefficient (Wildman–Crippen LogP) is 5.75. The van der Waals surface area contributed by atoms with Gasteiger partial charge in [0, 0.05) is 25.2 Å². The quantitative estimate of drug-likeness (QED) is 0.291. The number of nitrogens with zero attached hydrogens (tertiary/aromatic N) is 6. The number of anilines is 2. The summed E-state index contributed by atoms with van der Waals surface area (Å²) in [6, 6.07) is 3.77. The summed E-state index contributed by atoms with van der Waals surface area (Å²) >= 11 is 0. The van der Waals surface area contributed by atoms with Crippen molar-refractivity contribution >= 4 is 28.2 Å². The van der Waals surface area contributed by atoms with Gasteiger partial charge in [0.25, 0.3) is 5.69 Å². The SMILES string of the molecule is COc1nc2nc(C)nc(NC(C)c3cc([N+](=O)[O-])cc(C(F)(F)F)c3)c2cc1N1CCC2(CCN(C)CC2)CC1. The fraction of sp³-hybridized carbons (Fsp3) is 0.536. The number of hydrogen-bond donors (Lipinski definition) is 1. The van der Waals surface area contributed by atoms with E-state index in [9.17, 15) is 23.3 Å². The topological polar surface area (TPSA) is 110 Å². The second-order valence-electron chi connectivity index (χ2n) is 11.2. The van der Waals surface area contributed by atoms with E-state index in [-0.39, 0.29) is 5.56 Å². The molecule has 3 aromatic rings. The largest absolute Gasteiger partial charge is 0.479 e. The van der Waals surface area contributed by atoms with Crippen LogP contribution in [0, 0.1) is 22.5 Å². The first-order valence-electron chi connectivity index (χ1n) is 13.7. The number of nitro benzene ring substituents is 1. The lowest BCUT2D eigenvalue weighted by Crippen LogP contribution is -2.46. The number of nitrogens with one attached hydrogen (secondary N) is 1. The second-order valence-corrected chi connectivity index (χ2v) is 11.2. The van der Waals surface area contributed by atoms with Crippen LogP contribution in [0.5, 0.6) is 5.88 Å². The molecule has 2 aromatic heterocycles. The monoisotopic (exact) mass is 573 g/mol. The van der Waals surface area contributed by atoms with E-state index >= 15 is 0 Å². The molecule has 0 saturated carbocycles. The van der Waals surface area contributed by atoms with Crippen molar-refractivity contribution in [2.24, 2.45) is 5.41 Å². The zero-order valence-electron chi connectivity index (χ0n) is 23.6. The Bertz CT molecular complexity index is 1450. The van der Waals surface area contributed by atoms with Gasteiger partial charge in [-0.05, 0) is 82.8 Å². The van der Waals surface area contributed by atoms with Crippen LogP contribution in [0.3, 0.4) is 0 Å². The summed E-state index contributed by atoms with van der Waals surface area (Å²) in [6.07, 6.45) is -0.200. The lowest BCUT2D eigenvalue weighted by Gasteiger charge is -2.46. The van der Waals surface area contributed by atoms with Crippen molar-refractivity contribution < 1.29 is 22.8 Å². The molecule has 0 bridgehead atoms. The van der Waals surface area contributed by atoms with E-state index < -0.39 is 28.4 Å². The van der Waals surface area contributed by atoms with Crippen molar-refractivity contribution in [2.45, 2.75) is 51.7 Å². The summed E-state index contributed by atoms with van der Waals surface area (Å²) in [4.78, 5) is 28.8. The molecule has 4 heterocycles. The molecule has 1 atom stereocenters. The molecule has 2 fully saturated rings. The molecule has 2 saturated heterocycles. The molecule has 10 nitrogen and oxygen atoms in total. The Labute approximate surface area is 236 Å². The van der Waals surface area contributed by atoms with Gasteiger partial charge in [0.1, 0.15) is 17.3 Å². The number of aromatic nitrogens is 3. The number of ether oxygens (including phenoxy) is 1. The van der Waals surface area contributed by atoms with Crippen LogP contribution in [0.25, 0.3) is 11.0 Å². The maximum atomic E-state index is 13.5. The Morgan fingerprint density at radius 3 is 2.32 bits per heavy atom. The van der Waals surface area contributed by atoms with Gasteiger partial charge in [-0.3, -0.25) is 10.1 Å². The number of hydrogen-bond acceptors (Lipinski definition) is 9. The van der Waals surface area contributed by atoms with Crippen molar-refractivity contribution in [2.75, 3.05) is 50.6 Å². The molecule has 0 radical (unpaired) electrons. The third kappa shape index (κ3) is 5.99. The Hall–Kier alpha value is -3.74. The highest BCUT2D eigenvalue weighted by atomic mass is 19.4. The van der Waals surface area contributed by atoms with Crippen LogP contribution >= 0.6 is 0 Å². The van der Waals surface area contributed by atoms with Crippen LogP contribution in [0.15, 0.2) is 24.3 Å². The highest BCUT2D eigenvalue weighted by Gasteiger charge is 2.38. The van der Waals surface area contributed by atoms with Crippen molar-refractivity contribution in [1.29, 1.82) is 0 Å². The number of fused-ring (bicyclic) bond motifs is 1. The molecule has 1 aromatic carbocycles. The Kier molecular flexibility index (Phi) is 7.66. The number of alkyl halides is 3. The summed E-state index contributed by atoms with van der Waals surface area (Å²) < 4.78 is 46.2. The number of halogens is 3. The summed E-state index contributed by atoms with van der Waals surface area (Å²) in [7, 11) is 3.73. The molecule has 5 rings (SSSR count). The minimum Gasteiger partial charge on any atom is -0.479 e. The fourth-order valence-corrected chi connectivity index (χ4v) is 5.88. The smallest absolute Gasteiger partial charge is 0.416 e. The average Bonchev–Trinajstić information content (AvgIpc) is 2.93. The summed E-state index contributed by atoms with van der Waals surface area (Å²) in [5.74, 6) is 1.23. The standard InChI is InChI=1S/C28H34F3N7O3/c1-17(19-13-20(28(29,30)31)15-21(14-19)38(39)40)32-24-22-16-23(26(41-4)35-25(22)34-18(2)33-24)37-11-7-27(8-12-37)5-9-36(3)10-6-27/h13-17H,5-12H2,1-4H3,(H,32,33,34,35). The highest BCUT2D eigenvalue weighted by Crippen LogP contribution is 2.44. The van der Waals surface area contributed by atoms with Gasteiger partial charge in [0.05, 0.1) is 29.0 Å². The van der Waals surface area contributed by atoms with E-state index in [4.69, 9.17) is 4.74 Å². The van der Waals surface area contributed by atoms with E-state index in [1.807, 2.05) is 6.07 Å². The van der Waals surface area contributed by atoms with Gasteiger partial charge in [0.2, 0.25) is 5.88 Å². The third-order valence-corrected chi connectivity index (χ3v) is 8.48. The average molecular weight is 574 g/mol. The molecule has 41 heavy (non-hydrogen) atoms. The molecule has 2 aliphatic heterocycles. The first-order chi connectivity index (χ1) is 19.4. The molecule has 0 amide bonds. The van der Waals surface area contributed by atoms with Crippen LogP contribution in [0.1, 0.15) is 55.6 Å². The Morgan fingerprint density at radius 1 is 1.05 bits per heavy atom. The molecule has 0 aliphatic carbocycles. The predicted molar refractivity (Wildman–Crippen MR) is 149 cm³/mol. The van der Waals surface area contributed by atoms with Gasteiger partial charge >= 0.3 is 6.18 Å². The number of nitro groups is 1. The first kappa shape index (κ1) is 28.8. The lowest BCUT2D eigenvalue weighted by atomic mass is 9.71. The molecule has 1 spiro atoms. The van der Waals surface area contributed by atoms with E-state index in [1.165, 1.54) is 12.8 Å². The number of non-ortho nitro benzene ring substituents is 1. The third-order valence-electron chi connectivity index (χ3n) is 8.48. The molecular formula is C28H34F3N7O3. The zero-order valence-corrected chi connectivity index (χ0v) is 23.6. The van der Waals surface area contributed by atoms with Gasteiger partial charge in [-0.2, -0.15) is 18.2 Å². The van der Waals surface area contributed by atoms with Gasteiger partial charge in [0.15, 0.2) is 5.65 Å². The first-order valence-corrected chi connectivity index (χ1v) is 13.7. The minimum absolute atomic E-state index is 0.108. The number of rotatable bonds is 6. The van der Waals surface area contributed by atoms with Gasteiger partial charge in [-0.25, -0.2) is 9.97 Å². The van der Waals surface area contributed by atoms with Crippen LogP contribution in [-0.2, 0) is 6.18 Å². The van der Waals surface area contributed by atoms with Gasteiger partial charge < -0.3 is 19.9 Å². The number of methoxy groups -OCH3 is 1. The second kappa shape index (κ2) is 10.9. The van der Waals surface area contributed by atoms with E-state index in [0.717, 1.165) is 56.8 Å². The molecule has 1 N–H and O–H groups in total. The van der Waals surface area contributed by atoms with Crippen LogP contribution < -0.4 is 15.0 Å². The van der Waals surface area contributed by atoms with Crippen molar-refractivity contribution in [1.82, 2.24) is 19.9 Å². The fourth-order valence-electron chi connectivity index (χ4n) is 5.88. The minimum atomic E-state index is -4.73. The van der Waals surface area contributed by atoms with Crippen LogP contribution in [0.2, 0.25) is 0 Å². The van der Waals surface area contributed by atoms with E-state index in [2.05, 4.69) is 37.1 Å². The van der Waals surface area contributed by atoms with Gasteiger partial charge in [-0.15, -0.1) is 0 Å². The number of aryl methyl sites for hydroxylation is 1. The van der Waals surface area contributed by atoms with Crippen molar-refractivity contribution in [3.05, 3.63) is 51.3 Å². The number of pyridine rings is 1. The maximum absolute atomic E-state index is 13.5. The Morgan fingerprint density at radius 2 is 1.71 bits per heavy atom. The summed E-state index contributed by atoms with van der Waals surface area (Å²) in [5.41, 5.74) is -0.0610. The van der Waals surface area contributed by atoms with Gasteiger partial charge in [-0.1, -0.05) is 0 Å². The van der Waals surface area contributed by atoms with E-state index in [0.29, 0.717) is 40.0 Å². The number of likely N-dealkylation sites (tertiary alicyclic amines) is 1. The normalized spacial score (nSPS) is 18.5. The Balaban J connectivity index is 1.47. The maximum Gasteiger partial charge on any atom is 0.416 e. The highest BCUT2D eigenvalue weighted by molar-refractivity contribution is 5.90. The number of piperidine rings is 2. The molecular weight excluding hydrogens is 539 g/mol. The van der Waals surface area contributed by atoms with Crippen molar-refractivity contribution in [3.8, 4) is 5.88 Å². The molecule has 13 heteroatoms. The summed E-state index contributed by atoms with van der Waals surface area (Å²) in [6.45, 7) is 7.25. The summed E-state index contributed by atoms with van der Waals surface area (Å²) in [5, 5.41) is 15.1. The molecule has 220 valence electrons.